The van der Waals surface area contributed by atoms with Crippen LogP contribution in [0.15, 0.2) is 27.8 Å². The first-order valence-corrected chi connectivity index (χ1v) is 12.5. The molecular weight excluding hydrogens is 472 g/mol. The van der Waals surface area contributed by atoms with Crippen LogP contribution in [0.2, 0.25) is 0 Å². The highest BCUT2D eigenvalue weighted by atomic mass is 16.5. The lowest BCUT2D eigenvalue weighted by atomic mass is 9.78. The standard InChI is InChI=1S/C28H32N4O5/c1-13-18-21(28(3,4)37-23(18)19(25(30)34)14(2)22(13)33)20-24(29)32(27(36)31(5)26(20)35)17-12-8-10-15-9-6-7-11-16(15)17/h8,10,12,21,33H,6-7,9,11,29H2,1-5H3,(H2,30,34). The zero-order valence-corrected chi connectivity index (χ0v) is 21.8. The maximum absolute atomic E-state index is 13.7. The molecule has 0 saturated carbocycles. The number of ether oxygens (including phenoxy) is 1. The molecule has 1 atom stereocenters. The molecule has 0 radical (unpaired) electrons. The van der Waals surface area contributed by atoms with E-state index in [4.69, 9.17) is 16.2 Å². The molecule has 1 unspecified atom stereocenters. The highest BCUT2D eigenvalue weighted by Crippen LogP contribution is 2.54. The van der Waals surface area contributed by atoms with E-state index in [1.54, 1.807) is 27.7 Å². The number of nitrogens with zero attached hydrogens (tertiary/aromatic N) is 2. The number of phenolic OH excluding ortho intramolecular Hbond substituents is 1. The first kappa shape index (κ1) is 24.7. The number of aromatic hydroxyl groups is 1. The van der Waals surface area contributed by atoms with Crippen LogP contribution in [0.5, 0.6) is 11.5 Å². The summed E-state index contributed by atoms with van der Waals surface area (Å²) in [5.74, 6) is -1.38. The number of primary amides is 1. The largest absolute Gasteiger partial charge is 0.507 e. The van der Waals surface area contributed by atoms with Crippen LogP contribution >= 0.6 is 0 Å². The van der Waals surface area contributed by atoms with Gasteiger partial charge in [0.25, 0.3) is 11.5 Å². The lowest BCUT2D eigenvalue weighted by Gasteiger charge is -2.29. The highest BCUT2D eigenvalue weighted by molar-refractivity contribution is 5.99. The number of hydrogen-bond donors (Lipinski definition) is 3. The average Bonchev–Trinajstić information content (AvgIpc) is 3.12. The molecule has 1 amide bonds. The van der Waals surface area contributed by atoms with E-state index in [9.17, 15) is 19.5 Å². The number of aryl methyl sites for hydroxylation is 1. The number of fused-ring (bicyclic) bond motifs is 2. The summed E-state index contributed by atoms with van der Waals surface area (Å²) in [5.41, 5.74) is 14.6. The fraction of sp³-hybridized carbons (Fsp3) is 0.393. The molecular formula is C28H32N4O5. The number of hydrogen-bond acceptors (Lipinski definition) is 6. The van der Waals surface area contributed by atoms with Crippen molar-refractivity contribution in [1.29, 1.82) is 0 Å². The molecule has 0 bridgehead atoms. The molecule has 1 aliphatic heterocycles. The Kier molecular flexibility index (Phi) is 5.51. The predicted molar refractivity (Wildman–Crippen MR) is 141 cm³/mol. The van der Waals surface area contributed by atoms with Crippen LogP contribution in [0, 0.1) is 13.8 Å². The van der Waals surface area contributed by atoms with Gasteiger partial charge in [0, 0.05) is 18.2 Å². The Morgan fingerprint density at radius 3 is 2.46 bits per heavy atom. The smallest absolute Gasteiger partial charge is 0.336 e. The van der Waals surface area contributed by atoms with Crippen molar-refractivity contribution in [3.63, 3.8) is 0 Å². The zero-order valence-electron chi connectivity index (χ0n) is 21.8. The normalized spacial score (nSPS) is 17.7. The molecule has 0 spiro atoms. The van der Waals surface area contributed by atoms with Crippen LogP contribution in [0.4, 0.5) is 5.82 Å². The molecule has 5 N–H and O–H groups in total. The quantitative estimate of drug-likeness (QED) is 0.501. The molecule has 194 valence electrons. The number of carbonyl (C=O) groups is 1. The molecule has 5 rings (SSSR count). The van der Waals surface area contributed by atoms with Gasteiger partial charge in [-0.2, -0.15) is 0 Å². The molecule has 3 aromatic rings. The maximum atomic E-state index is 13.7. The summed E-state index contributed by atoms with van der Waals surface area (Å²) in [6, 6.07) is 5.82. The third kappa shape index (κ3) is 3.40. The Morgan fingerprint density at radius 2 is 1.78 bits per heavy atom. The first-order valence-electron chi connectivity index (χ1n) is 12.5. The molecule has 2 heterocycles. The van der Waals surface area contributed by atoms with E-state index in [0.717, 1.165) is 35.8 Å². The minimum atomic E-state index is -1.05. The van der Waals surface area contributed by atoms with Crippen LogP contribution in [0.25, 0.3) is 5.69 Å². The van der Waals surface area contributed by atoms with Gasteiger partial charge in [0.05, 0.1) is 22.7 Å². The lowest BCUT2D eigenvalue weighted by Crippen LogP contribution is -2.44. The Labute approximate surface area is 214 Å². The minimum Gasteiger partial charge on any atom is -0.507 e. The number of nitrogens with two attached hydrogens (primary N) is 2. The second-order valence-corrected chi connectivity index (χ2v) is 10.6. The Morgan fingerprint density at radius 1 is 1.11 bits per heavy atom. The summed E-state index contributed by atoms with van der Waals surface area (Å²) < 4.78 is 8.75. The van der Waals surface area contributed by atoms with Crippen LogP contribution in [-0.2, 0) is 19.9 Å². The highest BCUT2D eigenvalue weighted by Gasteiger charge is 2.49. The van der Waals surface area contributed by atoms with Crippen molar-refractivity contribution in [2.45, 2.75) is 64.9 Å². The second-order valence-electron chi connectivity index (χ2n) is 10.6. The van der Waals surface area contributed by atoms with Gasteiger partial charge in [0.2, 0.25) is 0 Å². The summed E-state index contributed by atoms with van der Waals surface area (Å²) in [5, 5.41) is 10.9. The number of rotatable bonds is 3. The van der Waals surface area contributed by atoms with Crippen LogP contribution in [0.3, 0.4) is 0 Å². The molecule has 2 aromatic carbocycles. The van der Waals surface area contributed by atoms with Gasteiger partial charge in [0.1, 0.15) is 22.9 Å². The van der Waals surface area contributed by atoms with Crippen molar-refractivity contribution in [1.82, 2.24) is 9.13 Å². The Bertz CT molecular complexity index is 1610. The van der Waals surface area contributed by atoms with Gasteiger partial charge >= 0.3 is 5.69 Å². The Balaban J connectivity index is 1.88. The van der Waals surface area contributed by atoms with E-state index in [0.29, 0.717) is 22.4 Å². The molecule has 0 saturated heterocycles. The molecule has 37 heavy (non-hydrogen) atoms. The number of phenols is 1. The number of carbonyl (C=O) groups excluding carboxylic acids is 1. The van der Waals surface area contributed by atoms with Crippen LogP contribution in [0.1, 0.15) is 76.3 Å². The summed E-state index contributed by atoms with van der Waals surface area (Å²) in [6.07, 6.45) is 3.81. The van der Waals surface area contributed by atoms with Gasteiger partial charge in [-0.3, -0.25) is 14.2 Å². The predicted octanol–water partition coefficient (Wildman–Crippen LogP) is 2.72. The molecule has 9 nitrogen and oxygen atoms in total. The summed E-state index contributed by atoms with van der Waals surface area (Å²) in [4.78, 5) is 39.6. The number of aromatic nitrogens is 2. The van der Waals surface area contributed by atoms with Crippen molar-refractivity contribution in [2.75, 3.05) is 5.73 Å². The summed E-state index contributed by atoms with van der Waals surface area (Å²) >= 11 is 0. The van der Waals surface area contributed by atoms with E-state index < -0.39 is 28.7 Å². The summed E-state index contributed by atoms with van der Waals surface area (Å²) in [7, 11) is 1.43. The van der Waals surface area contributed by atoms with Crippen molar-refractivity contribution in [3.05, 3.63) is 78.0 Å². The fourth-order valence-electron chi connectivity index (χ4n) is 6.14. The van der Waals surface area contributed by atoms with E-state index >= 15 is 0 Å². The van der Waals surface area contributed by atoms with Crippen molar-refractivity contribution >= 4 is 11.7 Å². The topological polar surface area (TPSA) is 143 Å². The SMILES string of the molecule is Cc1c(O)c(C)c2c(c1C(N)=O)OC(C)(C)C2c1c(N)n(-c2cccc3c2CCCC3)c(=O)n(C)c1=O. The van der Waals surface area contributed by atoms with Crippen molar-refractivity contribution < 1.29 is 14.6 Å². The zero-order chi connectivity index (χ0) is 27.0. The van der Waals surface area contributed by atoms with E-state index in [1.165, 1.54) is 17.2 Å². The number of amides is 1. The van der Waals surface area contributed by atoms with Crippen molar-refractivity contribution in [3.8, 4) is 17.2 Å². The van der Waals surface area contributed by atoms with Gasteiger partial charge in [-0.15, -0.1) is 0 Å². The van der Waals surface area contributed by atoms with Crippen LogP contribution < -0.4 is 27.5 Å². The van der Waals surface area contributed by atoms with Gasteiger partial charge in [0.15, 0.2) is 0 Å². The molecule has 2 aliphatic rings. The van der Waals surface area contributed by atoms with Gasteiger partial charge < -0.3 is 21.3 Å². The van der Waals surface area contributed by atoms with Gasteiger partial charge in [-0.05, 0) is 76.1 Å². The number of nitrogen functional groups attached to an aromatic ring is 1. The number of anilines is 1. The average molecular weight is 505 g/mol. The van der Waals surface area contributed by atoms with Crippen LogP contribution in [-0.4, -0.2) is 25.7 Å². The molecule has 9 heteroatoms. The molecule has 1 aliphatic carbocycles. The third-order valence-electron chi connectivity index (χ3n) is 7.99. The second kappa shape index (κ2) is 8.26. The third-order valence-corrected chi connectivity index (χ3v) is 7.99. The van der Waals surface area contributed by atoms with Gasteiger partial charge in [-0.25, -0.2) is 9.36 Å². The van der Waals surface area contributed by atoms with Crippen molar-refractivity contribution in [2.24, 2.45) is 12.8 Å². The van der Waals surface area contributed by atoms with Gasteiger partial charge in [-0.1, -0.05) is 12.1 Å². The number of benzene rings is 2. The maximum Gasteiger partial charge on any atom is 0.336 e. The first-order chi connectivity index (χ1) is 17.4. The Hall–Kier alpha value is -4.01. The molecule has 1 aromatic heterocycles. The molecule has 0 fully saturated rings. The minimum absolute atomic E-state index is 0.0155. The lowest BCUT2D eigenvalue weighted by molar-refractivity contribution is 0.0976. The fourth-order valence-corrected chi connectivity index (χ4v) is 6.14. The van der Waals surface area contributed by atoms with E-state index in [-0.39, 0.29) is 28.4 Å². The van der Waals surface area contributed by atoms with E-state index in [2.05, 4.69) is 6.07 Å². The monoisotopic (exact) mass is 504 g/mol. The van der Waals surface area contributed by atoms with E-state index in [1.807, 2.05) is 12.1 Å². The summed E-state index contributed by atoms with van der Waals surface area (Å²) in [6.45, 7) is 6.87.